The number of halogens is 1. The van der Waals surface area contributed by atoms with Crippen LogP contribution in [0.4, 0.5) is 0 Å². The van der Waals surface area contributed by atoms with Gasteiger partial charge in [-0.15, -0.1) is 0 Å². The van der Waals surface area contributed by atoms with Crippen molar-refractivity contribution in [1.29, 1.82) is 0 Å². The van der Waals surface area contributed by atoms with E-state index in [0.717, 1.165) is 6.07 Å². The van der Waals surface area contributed by atoms with Crippen LogP contribution in [0, 0.1) is 0 Å². The van der Waals surface area contributed by atoms with Crippen LogP contribution in [-0.4, -0.2) is 39.9 Å². The lowest BCUT2D eigenvalue weighted by molar-refractivity contribution is -0.123. The van der Waals surface area contributed by atoms with Crippen molar-refractivity contribution in [1.82, 2.24) is 10.0 Å². The van der Waals surface area contributed by atoms with E-state index in [0.29, 0.717) is 0 Å². The third kappa shape index (κ3) is 5.36. The Morgan fingerprint density at radius 3 is 2.33 bits per heavy atom. The fourth-order valence-corrected chi connectivity index (χ4v) is 3.23. The van der Waals surface area contributed by atoms with Gasteiger partial charge in [0.05, 0.1) is 10.6 Å². The second kappa shape index (κ2) is 8.76. The van der Waals surface area contributed by atoms with Crippen LogP contribution in [0.25, 0.3) is 0 Å². The van der Waals surface area contributed by atoms with E-state index in [2.05, 4.69) is 10.0 Å². The van der Waals surface area contributed by atoms with Crippen LogP contribution in [-0.2, 0) is 19.6 Å². The Bertz CT molecular complexity index is 976. The molecule has 0 fully saturated rings. The van der Waals surface area contributed by atoms with Crippen molar-refractivity contribution in [2.24, 2.45) is 0 Å². The maximum atomic E-state index is 12.0. The lowest BCUT2D eigenvalue weighted by Crippen LogP contribution is -2.34. The molecule has 2 N–H and O–H groups in total. The highest BCUT2D eigenvalue weighted by Crippen LogP contribution is 2.22. The van der Waals surface area contributed by atoms with Crippen LogP contribution >= 0.6 is 11.6 Å². The summed E-state index contributed by atoms with van der Waals surface area (Å²) in [5, 5.41) is 2.00. The lowest BCUT2D eigenvalue weighted by atomic mass is 10.2. The van der Waals surface area contributed by atoms with Crippen LogP contribution in [0.3, 0.4) is 0 Å². The molecule has 2 aromatic rings. The average Bonchev–Trinajstić information content (AvgIpc) is 2.67. The highest BCUT2D eigenvalue weighted by atomic mass is 35.5. The molecule has 0 aliphatic heterocycles. The topological polar surface area (TPSA) is 119 Å². The Labute approximate surface area is 160 Å². The van der Waals surface area contributed by atoms with Crippen LogP contribution in [0.1, 0.15) is 20.7 Å². The summed E-state index contributed by atoms with van der Waals surface area (Å²) < 4.78 is 30.6. The molecule has 0 aliphatic rings. The molecule has 0 heterocycles. The number of carbonyl (C=O) groups is 3. The quantitative estimate of drug-likeness (QED) is 0.694. The zero-order valence-corrected chi connectivity index (χ0v) is 15.6. The molecular formula is C17H15ClN2O6S. The Morgan fingerprint density at radius 2 is 1.70 bits per heavy atom. The van der Waals surface area contributed by atoms with Gasteiger partial charge in [0.25, 0.3) is 11.8 Å². The summed E-state index contributed by atoms with van der Waals surface area (Å²) >= 11 is 5.83. The summed E-state index contributed by atoms with van der Waals surface area (Å²) in [6.45, 7) is -0.714. The number of carbonyl (C=O) groups excluding carboxylic acids is 3. The number of sulfonamides is 1. The smallest absolute Gasteiger partial charge is 0.338 e. The Morgan fingerprint density at radius 1 is 1.04 bits per heavy atom. The summed E-state index contributed by atoms with van der Waals surface area (Å²) in [5.41, 5.74) is 0.159. The van der Waals surface area contributed by atoms with E-state index >= 15 is 0 Å². The number of hydrogen-bond donors (Lipinski definition) is 2. The molecule has 2 amide bonds. The fraction of sp³-hybridized carbons (Fsp3) is 0.118. The summed E-state index contributed by atoms with van der Waals surface area (Å²) in [4.78, 5) is 35.3. The third-order valence-electron chi connectivity index (χ3n) is 3.35. The molecular weight excluding hydrogens is 396 g/mol. The van der Waals surface area contributed by atoms with Gasteiger partial charge in [-0.3, -0.25) is 14.9 Å². The van der Waals surface area contributed by atoms with Gasteiger partial charge in [0.1, 0.15) is 4.90 Å². The molecule has 2 aromatic carbocycles. The average molecular weight is 411 g/mol. The Kier molecular flexibility index (Phi) is 6.67. The first-order chi connectivity index (χ1) is 12.7. The summed E-state index contributed by atoms with van der Waals surface area (Å²) in [5.74, 6) is -2.40. The number of esters is 1. The normalized spacial score (nSPS) is 10.9. The Hall–Kier alpha value is -2.75. The van der Waals surface area contributed by atoms with Crippen LogP contribution < -0.4 is 10.0 Å². The predicted molar refractivity (Wildman–Crippen MR) is 96.9 cm³/mol. The first-order valence-electron chi connectivity index (χ1n) is 7.54. The van der Waals surface area contributed by atoms with Crippen molar-refractivity contribution in [2.45, 2.75) is 4.90 Å². The van der Waals surface area contributed by atoms with Gasteiger partial charge in [-0.25, -0.2) is 17.9 Å². The molecule has 2 rings (SSSR count). The SMILES string of the molecule is CNS(=O)(=O)c1cc(C(=O)OCC(=O)NC(=O)c2ccccc2)ccc1Cl. The van der Waals surface area contributed by atoms with E-state index in [4.69, 9.17) is 16.3 Å². The number of benzene rings is 2. The van der Waals surface area contributed by atoms with Crippen molar-refractivity contribution < 1.29 is 27.5 Å². The van der Waals surface area contributed by atoms with Gasteiger partial charge < -0.3 is 4.74 Å². The maximum Gasteiger partial charge on any atom is 0.338 e. The van der Waals surface area contributed by atoms with E-state index in [1.165, 1.54) is 31.3 Å². The third-order valence-corrected chi connectivity index (χ3v) is 5.24. The molecule has 0 aliphatic carbocycles. The van der Waals surface area contributed by atoms with Gasteiger partial charge >= 0.3 is 5.97 Å². The molecule has 0 unspecified atom stereocenters. The molecule has 27 heavy (non-hydrogen) atoms. The van der Waals surface area contributed by atoms with Crippen molar-refractivity contribution in [3.05, 3.63) is 64.7 Å². The summed E-state index contributed by atoms with van der Waals surface area (Å²) in [6, 6.07) is 11.5. The zero-order valence-electron chi connectivity index (χ0n) is 14.1. The van der Waals surface area contributed by atoms with E-state index in [1.54, 1.807) is 18.2 Å². The summed E-state index contributed by atoms with van der Waals surface area (Å²) in [7, 11) is -2.68. The van der Waals surface area contributed by atoms with Crippen molar-refractivity contribution >= 4 is 39.4 Å². The maximum absolute atomic E-state index is 12.0. The molecule has 0 radical (unpaired) electrons. The molecule has 0 spiro atoms. The molecule has 0 saturated carbocycles. The molecule has 0 bridgehead atoms. The first-order valence-corrected chi connectivity index (χ1v) is 9.40. The number of imide groups is 1. The minimum atomic E-state index is -3.88. The number of amides is 2. The first kappa shape index (κ1) is 20.6. The highest BCUT2D eigenvalue weighted by molar-refractivity contribution is 7.89. The van der Waals surface area contributed by atoms with Crippen molar-refractivity contribution in [2.75, 3.05) is 13.7 Å². The van der Waals surface area contributed by atoms with E-state index < -0.39 is 34.4 Å². The summed E-state index contributed by atoms with van der Waals surface area (Å²) in [6.07, 6.45) is 0. The number of ether oxygens (including phenoxy) is 1. The van der Waals surface area contributed by atoms with Gasteiger partial charge in [-0.1, -0.05) is 29.8 Å². The second-order valence-electron chi connectivity index (χ2n) is 5.17. The van der Waals surface area contributed by atoms with Gasteiger partial charge in [-0.2, -0.15) is 0 Å². The van der Waals surface area contributed by atoms with E-state index in [1.807, 2.05) is 0 Å². The highest BCUT2D eigenvalue weighted by Gasteiger charge is 2.20. The monoisotopic (exact) mass is 410 g/mol. The Balaban J connectivity index is 2.00. The largest absolute Gasteiger partial charge is 0.452 e. The molecule has 8 nitrogen and oxygen atoms in total. The van der Waals surface area contributed by atoms with Crippen LogP contribution in [0.5, 0.6) is 0 Å². The lowest BCUT2D eigenvalue weighted by Gasteiger charge is -2.09. The van der Waals surface area contributed by atoms with Gasteiger partial charge in [0.2, 0.25) is 10.0 Å². The molecule has 0 saturated heterocycles. The van der Waals surface area contributed by atoms with Gasteiger partial charge in [0.15, 0.2) is 6.61 Å². The fourth-order valence-electron chi connectivity index (χ4n) is 1.99. The molecule has 0 atom stereocenters. The van der Waals surface area contributed by atoms with Gasteiger partial charge in [0, 0.05) is 5.56 Å². The molecule has 142 valence electrons. The van der Waals surface area contributed by atoms with E-state index in [9.17, 15) is 22.8 Å². The van der Waals surface area contributed by atoms with Gasteiger partial charge in [-0.05, 0) is 37.4 Å². The standard InChI is InChI=1S/C17H15ClN2O6S/c1-19-27(24,25)14-9-12(7-8-13(14)18)17(23)26-10-15(21)20-16(22)11-5-3-2-4-6-11/h2-9,19H,10H2,1H3,(H,20,21,22). The van der Waals surface area contributed by atoms with Crippen LogP contribution in [0.15, 0.2) is 53.4 Å². The molecule has 10 heteroatoms. The number of hydrogen-bond acceptors (Lipinski definition) is 6. The second-order valence-corrected chi connectivity index (χ2v) is 7.43. The number of nitrogens with one attached hydrogen (secondary N) is 2. The van der Waals surface area contributed by atoms with Crippen molar-refractivity contribution in [3.63, 3.8) is 0 Å². The minimum Gasteiger partial charge on any atom is -0.452 e. The minimum absolute atomic E-state index is 0.0768. The molecule has 0 aromatic heterocycles. The van der Waals surface area contributed by atoms with Crippen LogP contribution in [0.2, 0.25) is 5.02 Å². The van der Waals surface area contributed by atoms with E-state index in [-0.39, 0.29) is 21.0 Å². The zero-order chi connectivity index (χ0) is 20.0. The predicted octanol–water partition coefficient (Wildman–Crippen LogP) is 1.36. The number of rotatable bonds is 6. The van der Waals surface area contributed by atoms with Crippen molar-refractivity contribution in [3.8, 4) is 0 Å².